The summed E-state index contributed by atoms with van der Waals surface area (Å²) in [6.07, 6.45) is 7.39. The van der Waals surface area contributed by atoms with Crippen molar-refractivity contribution in [3.63, 3.8) is 0 Å². The van der Waals surface area contributed by atoms with Gasteiger partial charge < -0.3 is 13.9 Å². The highest BCUT2D eigenvalue weighted by Gasteiger charge is 2.23. The van der Waals surface area contributed by atoms with Crippen LogP contribution in [0.3, 0.4) is 0 Å². The van der Waals surface area contributed by atoms with Gasteiger partial charge in [-0.25, -0.2) is 14.6 Å². The van der Waals surface area contributed by atoms with Crippen LogP contribution < -0.4 is 0 Å². The van der Waals surface area contributed by atoms with E-state index in [0.29, 0.717) is 31.0 Å². The molecule has 4 heterocycles. The van der Waals surface area contributed by atoms with Crippen molar-refractivity contribution in [1.29, 1.82) is 0 Å². The normalized spacial score (nSPS) is 14.5. The molecule has 1 amide bonds. The van der Waals surface area contributed by atoms with Gasteiger partial charge in [0.25, 0.3) is 5.91 Å². The molecule has 124 valence electrons. The molecule has 0 aliphatic carbocycles. The van der Waals surface area contributed by atoms with Crippen molar-refractivity contribution >= 4 is 5.91 Å². The summed E-state index contributed by atoms with van der Waals surface area (Å²) >= 11 is 0. The first kappa shape index (κ1) is 14.7. The first-order valence-electron chi connectivity index (χ1n) is 7.91. The van der Waals surface area contributed by atoms with E-state index in [2.05, 4.69) is 19.6 Å². The second-order valence-corrected chi connectivity index (χ2v) is 5.84. The molecule has 3 aromatic heterocycles. The quantitative estimate of drug-likeness (QED) is 0.720. The van der Waals surface area contributed by atoms with Crippen LogP contribution in [-0.4, -0.2) is 48.2 Å². The lowest BCUT2D eigenvalue weighted by molar-refractivity contribution is 0.0757. The number of nitrogens with zero attached hydrogens (tertiary/aromatic N) is 6. The molecule has 4 rings (SSSR count). The van der Waals surface area contributed by atoms with Gasteiger partial charge in [-0.05, 0) is 13.0 Å². The molecule has 0 radical (unpaired) electrons. The lowest BCUT2D eigenvalue weighted by atomic mass is 10.2. The number of fused-ring (bicyclic) bond motifs is 1. The smallest absolute Gasteiger partial charge is 0.257 e. The molecule has 1 aliphatic heterocycles. The minimum absolute atomic E-state index is 0.0184. The molecule has 0 fully saturated rings. The Balaban J connectivity index is 1.51. The van der Waals surface area contributed by atoms with Crippen LogP contribution in [0.2, 0.25) is 0 Å². The SMILES string of the molecule is Cc1occc1C(=O)N1CCc2ncc(Cn3cncn3)n2CC1. The van der Waals surface area contributed by atoms with E-state index in [-0.39, 0.29) is 5.91 Å². The lowest BCUT2D eigenvalue weighted by Gasteiger charge is -2.19. The van der Waals surface area contributed by atoms with Crippen LogP contribution in [0.25, 0.3) is 0 Å². The summed E-state index contributed by atoms with van der Waals surface area (Å²) in [5, 5.41) is 4.14. The van der Waals surface area contributed by atoms with Gasteiger partial charge in [0.2, 0.25) is 0 Å². The van der Waals surface area contributed by atoms with Crippen molar-refractivity contribution in [1.82, 2.24) is 29.2 Å². The molecule has 24 heavy (non-hydrogen) atoms. The van der Waals surface area contributed by atoms with E-state index < -0.39 is 0 Å². The van der Waals surface area contributed by atoms with Crippen molar-refractivity contribution in [2.75, 3.05) is 13.1 Å². The summed E-state index contributed by atoms with van der Waals surface area (Å²) in [6, 6.07) is 1.73. The number of hydrogen-bond donors (Lipinski definition) is 0. The molecule has 8 nitrogen and oxygen atoms in total. The van der Waals surface area contributed by atoms with E-state index in [0.717, 1.165) is 24.5 Å². The number of furan rings is 1. The molecule has 0 saturated carbocycles. The van der Waals surface area contributed by atoms with Gasteiger partial charge in [0.1, 0.15) is 24.2 Å². The van der Waals surface area contributed by atoms with Gasteiger partial charge in [0.05, 0.1) is 30.3 Å². The molecule has 0 spiro atoms. The minimum Gasteiger partial charge on any atom is -0.469 e. The second kappa shape index (κ2) is 5.95. The predicted octanol–water partition coefficient (Wildman–Crippen LogP) is 1.12. The molecule has 0 unspecified atom stereocenters. The zero-order chi connectivity index (χ0) is 16.5. The van der Waals surface area contributed by atoms with E-state index in [9.17, 15) is 4.79 Å². The van der Waals surface area contributed by atoms with E-state index in [1.165, 1.54) is 6.33 Å². The molecule has 0 saturated heterocycles. The molecule has 8 heteroatoms. The van der Waals surface area contributed by atoms with Crippen molar-refractivity contribution < 1.29 is 9.21 Å². The summed E-state index contributed by atoms with van der Waals surface area (Å²) in [7, 11) is 0. The fourth-order valence-electron chi connectivity index (χ4n) is 3.08. The van der Waals surface area contributed by atoms with Gasteiger partial charge in [0, 0.05) is 26.1 Å². The van der Waals surface area contributed by atoms with Crippen LogP contribution in [0.5, 0.6) is 0 Å². The summed E-state index contributed by atoms with van der Waals surface area (Å²) in [5.74, 6) is 1.68. The number of carbonyl (C=O) groups excluding carboxylic acids is 1. The monoisotopic (exact) mass is 326 g/mol. The third-order valence-corrected chi connectivity index (χ3v) is 4.39. The standard InChI is InChI=1S/C16H18N6O2/c1-12-14(3-7-24-12)16(23)20-4-2-15-18-8-13(22(15)6-5-20)9-21-11-17-10-19-21/h3,7-8,10-11H,2,4-6,9H2,1H3. The average molecular weight is 326 g/mol. The van der Waals surface area contributed by atoms with Crippen LogP contribution >= 0.6 is 0 Å². The van der Waals surface area contributed by atoms with Gasteiger partial charge in [-0.15, -0.1) is 0 Å². The highest BCUT2D eigenvalue weighted by molar-refractivity contribution is 5.95. The molecular weight excluding hydrogens is 308 g/mol. The number of aryl methyl sites for hydroxylation is 1. The van der Waals surface area contributed by atoms with Crippen molar-refractivity contribution in [2.24, 2.45) is 0 Å². The molecule has 0 atom stereocenters. The second-order valence-electron chi connectivity index (χ2n) is 5.84. The molecule has 1 aliphatic rings. The highest BCUT2D eigenvalue weighted by Crippen LogP contribution is 2.17. The minimum atomic E-state index is 0.0184. The molecule has 3 aromatic rings. The topological polar surface area (TPSA) is 82.0 Å². The fourth-order valence-corrected chi connectivity index (χ4v) is 3.08. The van der Waals surface area contributed by atoms with Gasteiger partial charge in [0.15, 0.2) is 0 Å². The number of carbonyl (C=O) groups is 1. The summed E-state index contributed by atoms with van der Waals surface area (Å²) in [4.78, 5) is 23.0. The summed E-state index contributed by atoms with van der Waals surface area (Å²) in [6.45, 7) is 4.47. The Morgan fingerprint density at radius 2 is 2.25 bits per heavy atom. The largest absolute Gasteiger partial charge is 0.469 e. The predicted molar refractivity (Wildman–Crippen MR) is 84.4 cm³/mol. The van der Waals surface area contributed by atoms with Crippen molar-refractivity contribution in [3.8, 4) is 0 Å². The average Bonchev–Trinajstić information content (AvgIpc) is 3.28. The summed E-state index contributed by atoms with van der Waals surface area (Å²) < 4.78 is 9.20. The maximum Gasteiger partial charge on any atom is 0.257 e. The Hall–Kier alpha value is -2.90. The van der Waals surface area contributed by atoms with Gasteiger partial charge in [-0.1, -0.05) is 0 Å². The number of imidazole rings is 1. The van der Waals surface area contributed by atoms with Crippen molar-refractivity contribution in [3.05, 3.63) is 54.0 Å². The van der Waals surface area contributed by atoms with E-state index in [1.807, 2.05) is 18.0 Å². The number of hydrogen-bond acceptors (Lipinski definition) is 5. The van der Waals surface area contributed by atoms with Crippen LogP contribution in [0, 0.1) is 6.92 Å². The van der Waals surface area contributed by atoms with E-state index in [4.69, 9.17) is 4.42 Å². The fraction of sp³-hybridized carbons (Fsp3) is 0.375. The van der Waals surface area contributed by atoms with Crippen LogP contribution in [0.4, 0.5) is 0 Å². The molecule has 0 bridgehead atoms. The van der Waals surface area contributed by atoms with Crippen LogP contribution in [-0.2, 0) is 19.5 Å². The Kier molecular flexibility index (Phi) is 3.64. The molecule has 0 aromatic carbocycles. The maximum atomic E-state index is 12.7. The van der Waals surface area contributed by atoms with E-state index in [1.54, 1.807) is 23.3 Å². The zero-order valence-electron chi connectivity index (χ0n) is 13.4. The number of rotatable bonds is 3. The Morgan fingerprint density at radius 1 is 1.33 bits per heavy atom. The van der Waals surface area contributed by atoms with Crippen LogP contribution in [0.1, 0.15) is 27.6 Å². The molecular formula is C16H18N6O2. The third-order valence-electron chi connectivity index (χ3n) is 4.39. The molecule has 0 N–H and O–H groups in total. The lowest BCUT2D eigenvalue weighted by Crippen LogP contribution is -2.33. The van der Waals surface area contributed by atoms with Gasteiger partial charge in [-0.3, -0.25) is 4.79 Å². The van der Waals surface area contributed by atoms with Crippen molar-refractivity contribution in [2.45, 2.75) is 26.4 Å². The Bertz CT molecular complexity index is 848. The first-order chi connectivity index (χ1) is 11.7. The number of amides is 1. The van der Waals surface area contributed by atoms with Gasteiger partial charge >= 0.3 is 0 Å². The number of aromatic nitrogens is 5. The Labute approximate surface area is 138 Å². The first-order valence-corrected chi connectivity index (χ1v) is 7.91. The highest BCUT2D eigenvalue weighted by atomic mass is 16.3. The Morgan fingerprint density at radius 3 is 3.00 bits per heavy atom. The van der Waals surface area contributed by atoms with Gasteiger partial charge in [-0.2, -0.15) is 5.10 Å². The third kappa shape index (κ3) is 2.60. The maximum absolute atomic E-state index is 12.7. The summed E-state index contributed by atoms with van der Waals surface area (Å²) in [5.41, 5.74) is 1.71. The zero-order valence-corrected chi connectivity index (χ0v) is 13.4. The van der Waals surface area contributed by atoms with Crippen LogP contribution in [0.15, 0.2) is 35.6 Å². The van der Waals surface area contributed by atoms with E-state index >= 15 is 0 Å².